The topological polar surface area (TPSA) is 46.3 Å². The van der Waals surface area contributed by atoms with Crippen molar-refractivity contribution in [3.8, 4) is 0 Å². The predicted octanol–water partition coefficient (Wildman–Crippen LogP) is 3.07. The van der Waals surface area contributed by atoms with E-state index in [1.54, 1.807) is 11.8 Å². The summed E-state index contributed by atoms with van der Waals surface area (Å²) in [6.07, 6.45) is 3.53. The largest absolute Gasteiger partial charge is 0.399 e. The van der Waals surface area contributed by atoms with Crippen LogP contribution in [0.15, 0.2) is 23.1 Å². The van der Waals surface area contributed by atoms with E-state index in [2.05, 4.69) is 6.92 Å². The lowest BCUT2D eigenvalue weighted by molar-refractivity contribution is -0.131. The summed E-state index contributed by atoms with van der Waals surface area (Å²) in [5, 5.41) is -0.0430. The molecule has 1 aliphatic rings. The molecule has 104 valence electrons. The van der Waals surface area contributed by atoms with Gasteiger partial charge in [0, 0.05) is 23.7 Å². The van der Waals surface area contributed by atoms with Gasteiger partial charge in [0.25, 0.3) is 0 Å². The van der Waals surface area contributed by atoms with E-state index >= 15 is 0 Å². The number of amides is 1. The first-order chi connectivity index (χ1) is 9.08. The molecule has 1 atom stereocenters. The van der Waals surface area contributed by atoms with Gasteiger partial charge >= 0.3 is 0 Å². The van der Waals surface area contributed by atoms with Crippen LogP contribution in [0.25, 0.3) is 0 Å². The summed E-state index contributed by atoms with van der Waals surface area (Å²) in [5.41, 5.74) is 7.75. The smallest absolute Gasteiger partial charge is 0.235 e. The second kappa shape index (κ2) is 6.33. The van der Waals surface area contributed by atoms with Crippen LogP contribution in [-0.2, 0) is 4.79 Å². The molecule has 1 aromatic carbocycles. The number of thioether (sulfide) groups is 1. The number of rotatable bonds is 3. The lowest BCUT2D eigenvalue weighted by Gasteiger charge is -2.29. The average molecular weight is 278 g/mol. The molecule has 19 heavy (non-hydrogen) atoms. The maximum Gasteiger partial charge on any atom is 0.235 e. The third kappa shape index (κ3) is 3.66. The SMILES string of the molecule is Cc1ccc(N)cc1SC(C)C(=O)N1CCCCC1. The van der Waals surface area contributed by atoms with Gasteiger partial charge in [-0.3, -0.25) is 4.79 Å². The minimum absolute atomic E-state index is 0.0430. The van der Waals surface area contributed by atoms with E-state index in [4.69, 9.17) is 5.73 Å². The molecule has 3 nitrogen and oxygen atoms in total. The Morgan fingerprint density at radius 1 is 1.32 bits per heavy atom. The molecule has 1 aromatic rings. The number of nitrogen functional groups attached to an aromatic ring is 1. The van der Waals surface area contributed by atoms with Gasteiger partial charge < -0.3 is 10.6 Å². The fourth-order valence-electron chi connectivity index (χ4n) is 2.36. The first kappa shape index (κ1) is 14.3. The number of hydrogen-bond donors (Lipinski definition) is 1. The Balaban J connectivity index is 2.01. The highest BCUT2D eigenvalue weighted by molar-refractivity contribution is 8.00. The molecule has 2 rings (SSSR count). The second-order valence-corrected chi connectivity index (χ2v) is 6.55. The molecular formula is C15H22N2OS. The molecule has 0 saturated carbocycles. The van der Waals surface area contributed by atoms with E-state index in [1.165, 1.54) is 12.0 Å². The van der Waals surface area contributed by atoms with E-state index in [9.17, 15) is 4.79 Å². The number of likely N-dealkylation sites (tertiary alicyclic amines) is 1. The summed E-state index contributed by atoms with van der Waals surface area (Å²) in [4.78, 5) is 15.5. The van der Waals surface area contributed by atoms with Gasteiger partial charge in [0.1, 0.15) is 0 Å². The van der Waals surface area contributed by atoms with Gasteiger partial charge in [-0.25, -0.2) is 0 Å². The molecule has 2 N–H and O–H groups in total. The Hall–Kier alpha value is -1.16. The minimum Gasteiger partial charge on any atom is -0.399 e. The number of piperidine rings is 1. The van der Waals surface area contributed by atoms with Crippen LogP contribution < -0.4 is 5.73 Å². The third-order valence-electron chi connectivity index (χ3n) is 3.53. The van der Waals surface area contributed by atoms with Gasteiger partial charge in [0.2, 0.25) is 5.91 Å². The van der Waals surface area contributed by atoms with Gasteiger partial charge in [0.05, 0.1) is 5.25 Å². The van der Waals surface area contributed by atoms with Gasteiger partial charge in [-0.1, -0.05) is 6.07 Å². The fraction of sp³-hybridized carbons (Fsp3) is 0.533. The highest BCUT2D eigenvalue weighted by atomic mass is 32.2. The van der Waals surface area contributed by atoms with Crippen LogP contribution in [0.1, 0.15) is 31.7 Å². The number of benzene rings is 1. The number of anilines is 1. The van der Waals surface area contributed by atoms with E-state index in [1.807, 2.05) is 30.0 Å². The zero-order valence-electron chi connectivity index (χ0n) is 11.7. The molecule has 0 spiro atoms. The Morgan fingerprint density at radius 3 is 2.68 bits per heavy atom. The van der Waals surface area contributed by atoms with E-state index < -0.39 is 0 Å². The van der Waals surface area contributed by atoms with Crippen molar-refractivity contribution in [1.82, 2.24) is 4.90 Å². The lowest BCUT2D eigenvalue weighted by atomic mass is 10.1. The standard InChI is InChI=1S/C15H22N2OS/c1-11-6-7-13(16)10-14(11)19-12(2)15(18)17-8-4-3-5-9-17/h6-7,10,12H,3-5,8-9,16H2,1-2H3. The molecule has 0 aromatic heterocycles. The summed E-state index contributed by atoms with van der Waals surface area (Å²) in [7, 11) is 0. The summed E-state index contributed by atoms with van der Waals surface area (Å²) in [5.74, 6) is 0.256. The molecule has 1 amide bonds. The first-order valence-corrected chi connectivity index (χ1v) is 7.77. The maximum atomic E-state index is 12.4. The fourth-order valence-corrected chi connectivity index (χ4v) is 3.44. The normalized spacial score (nSPS) is 17.3. The predicted molar refractivity (Wildman–Crippen MR) is 81.3 cm³/mol. The summed E-state index contributed by atoms with van der Waals surface area (Å²) in [6, 6.07) is 5.87. The Bertz CT molecular complexity index is 455. The zero-order chi connectivity index (χ0) is 13.8. The Kier molecular flexibility index (Phi) is 4.75. The van der Waals surface area contributed by atoms with E-state index in [0.717, 1.165) is 36.5 Å². The summed E-state index contributed by atoms with van der Waals surface area (Å²) < 4.78 is 0. The van der Waals surface area contributed by atoms with Crippen molar-refractivity contribution in [3.63, 3.8) is 0 Å². The molecule has 1 heterocycles. The minimum atomic E-state index is -0.0430. The molecule has 0 bridgehead atoms. The molecule has 1 fully saturated rings. The van der Waals surface area contributed by atoms with Crippen molar-refractivity contribution in [2.45, 2.75) is 43.3 Å². The van der Waals surface area contributed by atoms with E-state index in [-0.39, 0.29) is 11.2 Å². The summed E-state index contributed by atoms with van der Waals surface area (Å²) in [6.45, 7) is 5.88. The van der Waals surface area contributed by atoms with Crippen molar-refractivity contribution in [2.75, 3.05) is 18.8 Å². The number of carbonyl (C=O) groups is 1. The van der Waals surface area contributed by atoms with Crippen LogP contribution >= 0.6 is 11.8 Å². The van der Waals surface area contributed by atoms with Gasteiger partial charge in [-0.2, -0.15) is 0 Å². The van der Waals surface area contributed by atoms with Crippen LogP contribution in [0, 0.1) is 6.92 Å². The number of hydrogen-bond acceptors (Lipinski definition) is 3. The molecule has 1 unspecified atom stereocenters. The third-order valence-corrected chi connectivity index (χ3v) is 4.78. The summed E-state index contributed by atoms with van der Waals surface area (Å²) >= 11 is 1.61. The Labute approximate surface area is 119 Å². The van der Waals surface area contributed by atoms with Crippen LogP contribution in [0.4, 0.5) is 5.69 Å². The van der Waals surface area contributed by atoms with Crippen molar-refractivity contribution in [2.24, 2.45) is 0 Å². The number of aryl methyl sites for hydroxylation is 1. The highest BCUT2D eigenvalue weighted by Gasteiger charge is 2.23. The van der Waals surface area contributed by atoms with Gasteiger partial charge in [-0.05, 0) is 50.8 Å². The molecular weight excluding hydrogens is 256 g/mol. The first-order valence-electron chi connectivity index (χ1n) is 6.89. The van der Waals surface area contributed by atoms with E-state index in [0.29, 0.717) is 0 Å². The zero-order valence-corrected chi connectivity index (χ0v) is 12.5. The molecule has 0 radical (unpaired) electrons. The number of carbonyl (C=O) groups excluding carboxylic acids is 1. The molecule has 1 aliphatic heterocycles. The molecule has 4 heteroatoms. The monoisotopic (exact) mass is 278 g/mol. The van der Waals surface area contributed by atoms with Crippen molar-refractivity contribution < 1.29 is 4.79 Å². The maximum absolute atomic E-state index is 12.4. The average Bonchev–Trinajstić information content (AvgIpc) is 2.43. The quantitative estimate of drug-likeness (QED) is 0.683. The van der Waals surface area contributed by atoms with Crippen LogP contribution in [0.3, 0.4) is 0 Å². The molecule has 0 aliphatic carbocycles. The van der Waals surface area contributed by atoms with Crippen molar-refractivity contribution in [1.29, 1.82) is 0 Å². The Morgan fingerprint density at radius 2 is 2.00 bits per heavy atom. The van der Waals surface area contributed by atoms with Crippen molar-refractivity contribution >= 4 is 23.4 Å². The number of nitrogens with zero attached hydrogens (tertiary/aromatic N) is 1. The lowest BCUT2D eigenvalue weighted by Crippen LogP contribution is -2.40. The second-order valence-electron chi connectivity index (χ2n) is 5.17. The number of nitrogens with two attached hydrogens (primary N) is 1. The van der Waals surface area contributed by atoms with Crippen LogP contribution in [0.5, 0.6) is 0 Å². The highest BCUT2D eigenvalue weighted by Crippen LogP contribution is 2.29. The van der Waals surface area contributed by atoms with Crippen LogP contribution in [0.2, 0.25) is 0 Å². The molecule has 1 saturated heterocycles. The van der Waals surface area contributed by atoms with Crippen LogP contribution in [-0.4, -0.2) is 29.1 Å². The van der Waals surface area contributed by atoms with Gasteiger partial charge in [-0.15, -0.1) is 11.8 Å². The van der Waals surface area contributed by atoms with Gasteiger partial charge in [0.15, 0.2) is 0 Å². The van der Waals surface area contributed by atoms with Crippen molar-refractivity contribution in [3.05, 3.63) is 23.8 Å².